The summed E-state index contributed by atoms with van der Waals surface area (Å²) < 4.78 is 36.6. The summed E-state index contributed by atoms with van der Waals surface area (Å²) in [7, 11) is 1.53. The first-order valence-corrected chi connectivity index (χ1v) is 6.05. The maximum Gasteiger partial charge on any atom is 0.260 e. The molecule has 108 valence electrons. The Morgan fingerprint density at radius 2 is 1.90 bits per heavy atom. The predicted octanol–water partition coefficient (Wildman–Crippen LogP) is 2.94. The van der Waals surface area contributed by atoms with Crippen LogP contribution >= 0.6 is 0 Å². The number of nitrogen functional groups attached to an aromatic ring is 1. The lowest BCUT2D eigenvalue weighted by Crippen LogP contribution is -2.10. The Bertz CT molecular complexity index is 614. The van der Waals surface area contributed by atoms with Crippen LogP contribution in [0.4, 0.5) is 14.5 Å². The third kappa shape index (κ3) is 2.62. The standard InChI is InChI=1S/C13H15F2N3O2/c1-6(2)11(19-3)12-17-13(20-18-12)7-4-8(14)9(15)5-10(7)16/h4-6,11H,16H2,1-3H3. The highest BCUT2D eigenvalue weighted by atomic mass is 19.2. The average molecular weight is 283 g/mol. The van der Waals surface area contributed by atoms with Crippen LogP contribution in [0.1, 0.15) is 25.8 Å². The Hall–Kier alpha value is -2.02. The van der Waals surface area contributed by atoms with E-state index in [1.165, 1.54) is 7.11 Å². The number of hydrogen-bond acceptors (Lipinski definition) is 5. The molecule has 2 rings (SSSR count). The molecule has 1 unspecified atom stereocenters. The van der Waals surface area contributed by atoms with Crippen molar-refractivity contribution in [1.82, 2.24) is 10.1 Å². The summed E-state index contributed by atoms with van der Waals surface area (Å²) in [5.41, 5.74) is 5.81. The topological polar surface area (TPSA) is 74.2 Å². The van der Waals surface area contributed by atoms with E-state index in [2.05, 4.69) is 10.1 Å². The summed E-state index contributed by atoms with van der Waals surface area (Å²) in [5.74, 6) is -1.56. The van der Waals surface area contributed by atoms with Crippen molar-refractivity contribution in [3.63, 3.8) is 0 Å². The summed E-state index contributed by atoms with van der Waals surface area (Å²) in [6.07, 6.45) is -0.348. The molecular formula is C13H15F2N3O2. The van der Waals surface area contributed by atoms with E-state index < -0.39 is 11.6 Å². The van der Waals surface area contributed by atoms with Crippen molar-refractivity contribution >= 4 is 5.69 Å². The Kier molecular flexibility index (Phi) is 3.99. The van der Waals surface area contributed by atoms with Crippen LogP contribution in [0.2, 0.25) is 0 Å². The molecular weight excluding hydrogens is 268 g/mol. The molecule has 0 saturated heterocycles. The van der Waals surface area contributed by atoms with E-state index in [-0.39, 0.29) is 29.2 Å². The molecule has 0 bridgehead atoms. The minimum absolute atomic E-state index is 0.0256. The number of nitrogens with two attached hydrogens (primary N) is 1. The van der Waals surface area contributed by atoms with Gasteiger partial charge in [0.25, 0.3) is 5.89 Å². The fourth-order valence-corrected chi connectivity index (χ4v) is 1.88. The molecule has 20 heavy (non-hydrogen) atoms. The second-order valence-electron chi connectivity index (χ2n) is 4.71. The van der Waals surface area contributed by atoms with Gasteiger partial charge in [0.05, 0.1) is 5.56 Å². The Balaban J connectivity index is 2.41. The van der Waals surface area contributed by atoms with Gasteiger partial charge in [-0.15, -0.1) is 0 Å². The molecule has 0 fully saturated rings. The van der Waals surface area contributed by atoms with Gasteiger partial charge in [-0.05, 0) is 12.0 Å². The van der Waals surface area contributed by atoms with E-state index >= 15 is 0 Å². The molecule has 1 atom stereocenters. The van der Waals surface area contributed by atoms with Crippen LogP contribution in [0, 0.1) is 17.6 Å². The van der Waals surface area contributed by atoms with E-state index in [9.17, 15) is 8.78 Å². The van der Waals surface area contributed by atoms with E-state index in [1.807, 2.05) is 13.8 Å². The normalized spacial score (nSPS) is 12.9. The predicted molar refractivity (Wildman–Crippen MR) is 68.7 cm³/mol. The number of halogens is 2. The number of rotatable bonds is 4. The Morgan fingerprint density at radius 1 is 1.25 bits per heavy atom. The summed E-state index contributed by atoms with van der Waals surface area (Å²) >= 11 is 0. The van der Waals surface area contributed by atoms with Gasteiger partial charge in [-0.3, -0.25) is 0 Å². The van der Waals surface area contributed by atoms with Crippen molar-refractivity contribution in [2.75, 3.05) is 12.8 Å². The monoisotopic (exact) mass is 283 g/mol. The van der Waals surface area contributed by atoms with Gasteiger partial charge >= 0.3 is 0 Å². The Morgan fingerprint density at radius 3 is 2.50 bits per heavy atom. The van der Waals surface area contributed by atoms with Crippen LogP contribution in [0.25, 0.3) is 11.5 Å². The minimum atomic E-state index is -1.03. The van der Waals surface area contributed by atoms with Crippen molar-refractivity contribution < 1.29 is 18.0 Å². The smallest absolute Gasteiger partial charge is 0.260 e. The molecule has 0 spiro atoms. The third-order valence-corrected chi connectivity index (χ3v) is 2.88. The number of ether oxygens (including phenoxy) is 1. The molecule has 2 aromatic rings. The van der Waals surface area contributed by atoms with Gasteiger partial charge in [0.15, 0.2) is 11.6 Å². The van der Waals surface area contributed by atoms with Crippen LogP contribution in [0.15, 0.2) is 16.7 Å². The minimum Gasteiger partial charge on any atom is -0.398 e. The fourth-order valence-electron chi connectivity index (χ4n) is 1.88. The zero-order valence-corrected chi connectivity index (χ0v) is 11.4. The quantitative estimate of drug-likeness (QED) is 0.873. The van der Waals surface area contributed by atoms with Gasteiger partial charge in [-0.1, -0.05) is 19.0 Å². The molecule has 2 N–H and O–H groups in total. The van der Waals surface area contributed by atoms with Crippen molar-refractivity contribution in [2.24, 2.45) is 5.92 Å². The summed E-state index contributed by atoms with van der Waals surface area (Å²) in [6.45, 7) is 3.88. The first-order valence-electron chi connectivity index (χ1n) is 6.05. The highest BCUT2D eigenvalue weighted by Gasteiger charge is 2.23. The maximum atomic E-state index is 13.3. The van der Waals surface area contributed by atoms with Crippen molar-refractivity contribution in [1.29, 1.82) is 0 Å². The summed E-state index contributed by atoms with van der Waals surface area (Å²) in [4.78, 5) is 4.13. The van der Waals surface area contributed by atoms with Gasteiger partial charge in [-0.25, -0.2) is 8.78 Å². The van der Waals surface area contributed by atoms with Gasteiger partial charge in [0, 0.05) is 18.9 Å². The van der Waals surface area contributed by atoms with Crippen LogP contribution in [0.5, 0.6) is 0 Å². The van der Waals surface area contributed by atoms with E-state index in [0.29, 0.717) is 5.82 Å². The average Bonchev–Trinajstić information content (AvgIpc) is 2.83. The van der Waals surface area contributed by atoms with Crippen LogP contribution in [-0.4, -0.2) is 17.3 Å². The first kappa shape index (κ1) is 14.4. The van der Waals surface area contributed by atoms with Gasteiger partial charge in [0.1, 0.15) is 6.10 Å². The number of hydrogen-bond donors (Lipinski definition) is 1. The SMILES string of the molecule is COC(c1noc(-c2cc(F)c(F)cc2N)n1)C(C)C. The number of methoxy groups -OCH3 is 1. The summed E-state index contributed by atoms with van der Waals surface area (Å²) in [5, 5.41) is 3.80. The lowest BCUT2D eigenvalue weighted by atomic mass is 10.1. The lowest BCUT2D eigenvalue weighted by Gasteiger charge is -2.14. The van der Waals surface area contributed by atoms with E-state index in [0.717, 1.165) is 12.1 Å². The highest BCUT2D eigenvalue weighted by molar-refractivity contribution is 5.70. The van der Waals surface area contributed by atoms with Gasteiger partial charge < -0.3 is 15.0 Å². The fraction of sp³-hybridized carbons (Fsp3) is 0.385. The number of anilines is 1. The van der Waals surface area contributed by atoms with Crippen LogP contribution in [0.3, 0.4) is 0 Å². The zero-order valence-electron chi connectivity index (χ0n) is 11.4. The molecule has 1 aromatic heterocycles. The zero-order chi connectivity index (χ0) is 14.9. The summed E-state index contributed by atoms with van der Waals surface area (Å²) in [6, 6.07) is 1.81. The van der Waals surface area contributed by atoms with Gasteiger partial charge in [-0.2, -0.15) is 4.98 Å². The molecule has 1 heterocycles. The van der Waals surface area contributed by atoms with Crippen molar-refractivity contribution in [2.45, 2.75) is 20.0 Å². The van der Waals surface area contributed by atoms with Crippen LogP contribution < -0.4 is 5.73 Å². The lowest BCUT2D eigenvalue weighted by molar-refractivity contribution is 0.0556. The first-order chi connectivity index (χ1) is 9.43. The molecule has 1 aromatic carbocycles. The maximum absolute atomic E-state index is 13.3. The number of aromatic nitrogens is 2. The van der Waals surface area contributed by atoms with E-state index in [1.54, 1.807) is 0 Å². The van der Waals surface area contributed by atoms with Gasteiger partial charge in [0.2, 0.25) is 5.82 Å². The molecule has 0 aliphatic carbocycles. The highest BCUT2D eigenvalue weighted by Crippen LogP contribution is 2.29. The molecule has 5 nitrogen and oxygen atoms in total. The number of benzene rings is 1. The van der Waals surface area contributed by atoms with Crippen LogP contribution in [-0.2, 0) is 4.74 Å². The third-order valence-electron chi connectivity index (χ3n) is 2.88. The second-order valence-corrected chi connectivity index (χ2v) is 4.71. The molecule has 0 aliphatic heterocycles. The number of nitrogens with zero attached hydrogens (tertiary/aromatic N) is 2. The second kappa shape index (κ2) is 5.54. The molecule has 7 heteroatoms. The van der Waals surface area contributed by atoms with E-state index in [4.69, 9.17) is 15.0 Å². The molecule has 0 radical (unpaired) electrons. The molecule has 0 amide bonds. The largest absolute Gasteiger partial charge is 0.398 e. The Labute approximate surface area is 114 Å². The molecule has 0 aliphatic rings. The van der Waals surface area contributed by atoms with Crippen molar-refractivity contribution in [3.05, 3.63) is 29.6 Å². The molecule has 0 saturated carbocycles. The van der Waals surface area contributed by atoms with Crippen molar-refractivity contribution in [3.8, 4) is 11.5 Å².